The highest BCUT2D eigenvalue weighted by Crippen LogP contribution is 2.26. The maximum atomic E-state index is 11.2. The van der Waals surface area contributed by atoms with Crippen LogP contribution in [0.3, 0.4) is 0 Å². The third-order valence-corrected chi connectivity index (χ3v) is 2.84. The number of carbonyl (C=O) groups is 1. The molecule has 0 radical (unpaired) electrons. The summed E-state index contributed by atoms with van der Waals surface area (Å²) in [6.07, 6.45) is 3.60. The minimum Gasteiger partial charge on any atom is -0.475 e. The zero-order valence-electron chi connectivity index (χ0n) is 10.6. The second-order valence-corrected chi connectivity index (χ2v) is 4.19. The summed E-state index contributed by atoms with van der Waals surface area (Å²) in [4.78, 5) is 11.2. The van der Waals surface area contributed by atoms with Crippen molar-refractivity contribution in [2.75, 3.05) is 6.61 Å². The molecule has 0 saturated carbocycles. The number of carboxylic acid groups (broad SMARTS) is 1. The Morgan fingerprint density at radius 1 is 1.42 bits per heavy atom. The normalized spacial score (nSPS) is 10.7. The first kappa shape index (κ1) is 13.4. The number of hydrogen-bond acceptors (Lipinski definition) is 3. The van der Waals surface area contributed by atoms with Gasteiger partial charge in [-0.3, -0.25) is 0 Å². The fraction of sp³-hybridized carbons (Fsp3) is 0.267. The summed E-state index contributed by atoms with van der Waals surface area (Å²) < 4.78 is 10.9. The maximum Gasteiger partial charge on any atom is 0.372 e. The van der Waals surface area contributed by atoms with Crippen LogP contribution in [0.2, 0.25) is 0 Å². The number of unbranched alkanes of at least 4 members (excludes halogenated alkanes) is 1. The molecule has 4 heteroatoms. The van der Waals surface area contributed by atoms with E-state index in [2.05, 4.69) is 6.58 Å². The Balaban J connectivity index is 2.17. The number of para-hydroxylation sites is 1. The first-order chi connectivity index (χ1) is 9.24. The Morgan fingerprint density at radius 2 is 2.21 bits per heavy atom. The Bertz CT molecular complexity index is 583. The molecule has 0 amide bonds. The molecule has 0 aliphatic heterocycles. The van der Waals surface area contributed by atoms with Crippen LogP contribution < -0.4 is 0 Å². The van der Waals surface area contributed by atoms with Gasteiger partial charge in [-0.2, -0.15) is 0 Å². The van der Waals surface area contributed by atoms with Crippen LogP contribution in [0.25, 0.3) is 11.0 Å². The van der Waals surface area contributed by atoms with E-state index in [4.69, 9.17) is 14.3 Å². The van der Waals surface area contributed by atoms with E-state index in [9.17, 15) is 4.79 Å². The van der Waals surface area contributed by atoms with E-state index in [1.807, 2.05) is 24.3 Å². The molecular formula is C15H16O4. The van der Waals surface area contributed by atoms with Crippen molar-refractivity contribution in [2.24, 2.45) is 0 Å². The average molecular weight is 260 g/mol. The number of hydrogen-bond donors (Lipinski definition) is 1. The summed E-state index contributed by atoms with van der Waals surface area (Å²) in [5.41, 5.74) is 1.17. The minimum absolute atomic E-state index is 0.0371. The van der Waals surface area contributed by atoms with Crippen molar-refractivity contribution in [3.63, 3.8) is 0 Å². The molecule has 0 saturated heterocycles. The molecule has 0 fully saturated rings. The molecule has 4 nitrogen and oxygen atoms in total. The van der Waals surface area contributed by atoms with Crippen LogP contribution in [0.4, 0.5) is 0 Å². The number of rotatable bonds is 7. The van der Waals surface area contributed by atoms with E-state index in [0.29, 0.717) is 17.8 Å². The molecule has 1 aromatic heterocycles. The van der Waals surface area contributed by atoms with Crippen molar-refractivity contribution in [3.8, 4) is 0 Å². The lowest BCUT2D eigenvalue weighted by atomic mass is 10.1. The zero-order chi connectivity index (χ0) is 13.7. The molecule has 0 unspecified atom stereocenters. The molecule has 1 aromatic carbocycles. The summed E-state index contributed by atoms with van der Waals surface area (Å²) in [7, 11) is 0. The lowest BCUT2D eigenvalue weighted by molar-refractivity contribution is 0.0652. The lowest BCUT2D eigenvalue weighted by Gasteiger charge is -2.02. The Kier molecular flexibility index (Phi) is 4.36. The Hall–Kier alpha value is -2.07. The van der Waals surface area contributed by atoms with Crippen LogP contribution >= 0.6 is 0 Å². The topological polar surface area (TPSA) is 59.7 Å². The second kappa shape index (κ2) is 6.20. The van der Waals surface area contributed by atoms with E-state index in [1.165, 1.54) is 0 Å². The molecular weight excluding hydrogens is 244 g/mol. The van der Waals surface area contributed by atoms with Crippen molar-refractivity contribution in [2.45, 2.75) is 19.4 Å². The Labute approximate surface area is 111 Å². The molecule has 100 valence electrons. The van der Waals surface area contributed by atoms with Crippen LogP contribution in [0.5, 0.6) is 0 Å². The molecule has 0 bridgehead atoms. The van der Waals surface area contributed by atoms with E-state index in [-0.39, 0.29) is 12.4 Å². The van der Waals surface area contributed by atoms with Crippen LogP contribution in [0.1, 0.15) is 29.0 Å². The van der Waals surface area contributed by atoms with Gasteiger partial charge in [-0.25, -0.2) is 4.79 Å². The summed E-state index contributed by atoms with van der Waals surface area (Å²) in [6.45, 7) is 4.46. The quantitative estimate of drug-likeness (QED) is 0.610. The van der Waals surface area contributed by atoms with Gasteiger partial charge in [-0.05, 0) is 18.9 Å². The van der Waals surface area contributed by atoms with Crippen molar-refractivity contribution < 1.29 is 19.1 Å². The molecule has 19 heavy (non-hydrogen) atoms. The number of furan rings is 1. The average Bonchev–Trinajstić information content (AvgIpc) is 2.78. The second-order valence-electron chi connectivity index (χ2n) is 4.19. The summed E-state index contributed by atoms with van der Waals surface area (Å²) in [5.74, 6) is -1.11. The van der Waals surface area contributed by atoms with E-state index >= 15 is 0 Å². The smallest absolute Gasteiger partial charge is 0.372 e. The van der Waals surface area contributed by atoms with E-state index in [0.717, 1.165) is 18.2 Å². The van der Waals surface area contributed by atoms with Crippen molar-refractivity contribution in [1.29, 1.82) is 0 Å². The number of allylic oxidation sites excluding steroid dienone is 1. The molecule has 0 aliphatic carbocycles. The minimum atomic E-state index is -1.07. The summed E-state index contributed by atoms with van der Waals surface area (Å²) in [6, 6.07) is 7.26. The third-order valence-electron chi connectivity index (χ3n) is 2.84. The SMILES string of the molecule is C=CCCCOCc1c(C(=O)O)oc2ccccc12. The van der Waals surface area contributed by atoms with E-state index in [1.54, 1.807) is 6.07 Å². The van der Waals surface area contributed by atoms with Gasteiger partial charge in [0.1, 0.15) is 5.58 Å². The molecule has 0 spiro atoms. The van der Waals surface area contributed by atoms with Gasteiger partial charge in [-0.15, -0.1) is 6.58 Å². The lowest BCUT2D eigenvalue weighted by Crippen LogP contribution is -2.02. The van der Waals surface area contributed by atoms with E-state index < -0.39 is 5.97 Å². The first-order valence-corrected chi connectivity index (χ1v) is 6.16. The number of carboxylic acids is 1. The van der Waals surface area contributed by atoms with Gasteiger partial charge in [0.15, 0.2) is 0 Å². The van der Waals surface area contributed by atoms with Gasteiger partial charge < -0.3 is 14.3 Å². The molecule has 1 heterocycles. The molecule has 2 rings (SSSR count). The summed E-state index contributed by atoms with van der Waals surface area (Å²) >= 11 is 0. The standard InChI is InChI=1S/C15H16O4/c1-2-3-6-9-18-10-12-11-7-4-5-8-13(11)19-14(12)15(16)17/h2,4-5,7-8H,1,3,6,9-10H2,(H,16,17). The van der Waals surface area contributed by atoms with Gasteiger partial charge in [0.25, 0.3) is 0 Å². The zero-order valence-corrected chi connectivity index (χ0v) is 10.6. The molecule has 2 aromatic rings. The third kappa shape index (κ3) is 3.03. The predicted molar refractivity (Wildman–Crippen MR) is 72.3 cm³/mol. The van der Waals surface area contributed by atoms with Gasteiger partial charge in [-0.1, -0.05) is 24.3 Å². The molecule has 0 atom stereocenters. The van der Waals surface area contributed by atoms with Crippen molar-refractivity contribution >= 4 is 16.9 Å². The van der Waals surface area contributed by atoms with Crippen LogP contribution in [0.15, 0.2) is 41.3 Å². The highest BCUT2D eigenvalue weighted by atomic mass is 16.5. The Morgan fingerprint density at radius 3 is 2.95 bits per heavy atom. The number of fused-ring (bicyclic) bond motifs is 1. The monoisotopic (exact) mass is 260 g/mol. The van der Waals surface area contributed by atoms with Gasteiger partial charge >= 0.3 is 5.97 Å². The van der Waals surface area contributed by atoms with Gasteiger partial charge in [0, 0.05) is 17.6 Å². The van der Waals surface area contributed by atoms with Crippen LogP contribution in [-0.2, 0) is 11.3 Å². The number of benzene rings is 1. The van der Waals surface area contributed by atoms with Crippen molar-refractivity contribution in [3.05, 3.63) is 48.2 Å². The van der Waals surface area contributed by atoms with Gasteiger partial charge in [0.2, 0.25) is 5.76 Å². The first-order valence-electron chi connectivity index (χ1n) is 6.16. The highest BCUT2D eigenvalue weighted by Gasteiger charge is 2.19. The van der Waals surface area contributed by atoms with Crippen LogP contribution in [0, 0.1) is 0 Å². The highest BCUT2D eigenvalue weighted by molar-refractivity contribution is 5.94. The fourth-order valence-electron chi connectivity index (χ4n) is 1.92. The molecule has 0 aliphatic rings. The maximum absolute atomic E-state index is 11.2. The van der Waals surface area contributed by atoms with Crippen LogP contribution in [-0.4, -0.2) is 17.7 Å². The van der Waals surface area contributed by atoms with Gasteiger partial charge in [0.05, 0.1) is 6.61 Å². The summed E-state index contributed by atoms with van der Waals surface area (Å²) in [5, 5.41) is 9.94. The number of ether oxygens (including phenoxy) is 1. The number of aromatic carboxylic acids is 1. The fourth-order valence-corrected chi connectivity index (χ4v) is 1.92. The predicted octanol–water partition coefficient (Wildman–Crippen LogP) is 3.61. The largest absolute Gasteiger partial charge is 0.475 e. The van der Waals surface area contributed by atoms with Crippen molar-refractivity contribution in [1.82, 2.24) is 0 Å². The molecule has 1 N–H and O–H groups in total.